The lowest BCUT2D eigenvalue weighted by atomic mass is 10.1. The fourth-order valence-electron chi connectivity index (χ4n) is 2.31. The molecule has 0 atom stereocenters. The van der Waals surface area contributed by atoms with E-state index in [1.165, 1.54) is 20.5 Å². The van der Waals surface area contributed by atoms with Gasteiger partial charge in [0.25, 0.3) is 0 Å². The molecule has 1 heterocycles. The summed E-state index contributed by atoms with van der Waals surface area (Å²) in [5, 5.41) is 4.83. The van der Waals surface area contributed by atoms with Crippen molar-refractivity contribution in [3.63, 3.8) is 0 Å². The molecule has 0 aliphatic carbocycles. The highest BCUT2D eigenvalue weighted by Gasteiger charge is 2.11. The minimum absolute atomic E-state index is 0.691. The topological polar surface area (TPSA) is 30.5 Å². The number of ether oxygens (including phenoxy) is 2. The van der Waals surface area contributed by atoms with Gasteiger partial charge in [-0.15, -0.1) is 11.3 Å². The van der Waals surface area contributed by atoms with Crippen LogP contribution in [0, 0.1) is 0 Å². The van der Waals surface area contributed by atoms with Gasteiger partial charge in [0.2, 0.25) is 0 Å². The number of benzene rings is 1. The Kier molecular flexibility index (Phi) is 7.16. The van der Waals surface area contributed by atoms with E-state index in [-0.39, 0.29) is 0 Å². The summed E-state index contributed by atoms with van der Waals surface area (Å²) < 4.78 is 12.2. The fraction of sp³-hybridized carbons (Fsp3) is 0.529. The zero-order valence-corrected chi connectivity index (χ0v) is 13.8. The van der Waals surface area contributed by atoms with Gasteiger partial charge in [-0.25, -0.2) is 0 Å². The third-order valence-electron chi connectivity index (χ3n) is 3.38. The first kappa shape index (κ1) is 16.4. The lowest BCUT2D eigenvalue weighted by Gasteiger charge is -2.07. The molecular weight excluding hydrogens is 282 g/mol. The van der Waals surface area contributed by atoms with Gasteiger partial charge in [-0.3, -0.25) is 0 Å². The van der Waals surface area contributed by atoms with Gasteiger partial charge < -0.3 is 14.8 Å². The third-order valence-corrected chi connectivity index (χ3v) is 4.59. The van der Waals surface area contributed by atoms with Crippen LogP contribution in [-0.4, -0.2) is 26.9 Å². The van der Waals surface area contributed by atoms with Crippen LogP contribution in [0.15, 0.2) is 24.3 Å². The second-order valence-electron chi connectivity index (χ2n) is 5.08. The molecule has 0 saturated heterocycles. The van der Waals surface area contributed by atoms with Crippen LogP contribution < -0.4 is 5.32 Å². The molecule has 0 aliphatic heterocycles. The number of rotatable bonds is 10. The monoisotopic (exact) mass is 307 g/mol. The summed E-state index contributed by atoms with van der Waals surface area (Å²) in [7, 11) is 1.73. The maximum absolute atomic E-state index is 5.83. The Hall–Kier alpha value is -0.940. The van der Waals surface area contributed by atoms with Gasteiger partial charge in [0.05, 0.1) is 6.61 Å². The molecule has 1 N–H and O–H groups in total. The lowest BCUT2D eigenvalue weighted by Crippen LogP contribution is -2.14. The second kappa shape index (κ2) is 9.15. The van der Waals surface area contributed by atoms with Crippen LogP contribution in [-0.2, 0) is 22.6 Å². The molecule has 0 amide bonds. The first-order valence-electron chi connectivity index (χ1n) is 7.63. The average molecular weight is 307 g/mol. The van der Waals surface area contributed by atoms with E-state index in [1.807, 2.05) is 11.3 Å². The van der Waals surface area contributed by atoms with Crippen molar-refractivity contribution < 1.29 is 9.47 Å². The van der Waals surface area contributed by atoms with Gasteiger partial charge in [-0.2, -0.15) is 0 Å². The fourth-order valence-corrected chi connectivity index (χ4v) is 3.49. The van der Waals surface area contributed by atoms with Gasteiger partial charge in [0, 0.05) is 42.0 Å². The van der Waals surface area contributed by atoms with Gasteiger partial charge >= 0.3 is 0 Å². The van der Waals surface area contributed by atoms with E-state index in [9.17, 15) is 0 Å². The van der Waals surface area contributed by atoms with Crippen molar-refractivity contribution in [1.82, 2.24) is 5.32 Å². The van der Waals surface area contributed by atoms with Crippen LogP contribution in [0.25, 0.3) is 10.1 Å². The molecule has 0 aliphatic rings. The minimum atomic E-state index is 0.691. The van der Waals surface area contributed by atoms with Crippen LogP contribution in [0.5, 0.6) is 0 Å². The summed E-state index contributed by atoms with van der Waals surface area (Å²) in [6, 6.07) is 8.60. The van der Waals surface area contributed by atoms with E-state index in [0.29, 0.717) is 6.61 Å². The number of hydrogen-bond acceptors (Lipinski definition) is 4. The molecule has 0 saturated carbocycles. The lowest BCUT2D eigenvalue weighted by molar-refractivity contribution is 0.0932. The molecular formula is C17H25NO2S. The van der Waals surface area contributed by atoms with Crippen molar-refractivity contribution >= 4 is 21.4 Å². The highest BCUT2D eigenvalue weighted by molar-refractivity contribution is 7.19. The van der Waals surface area contributed by atoms with Crippen molar-refractivity contribution in [3.05, 3.63) is 34.7 Å². The van der Waals surface area contributed by atoms with Gasteiger partial charge in [0.15, 0.2) is 0 Å². The Morgan fingerprint density at radius 1 is 1.19 bits per heavy atom. The summed E-state index contributed by atoms with van der Waals surface area (Å²) in [4.78, 5) is 1.40. The summed E-state index contributed by atoms with van der Waals surface area (Å²) in [6.07, 6.45) is 2.11. The molecule has 2 aromatic rings. The zero-order valence-electron chi connectivity index (χ0n) is 13.0. The molecule has 2 rings (SSSR count). The Balaban J connectivity index is 2.04. The molecule has 116 valence electrons. The molecule has 0 bridgehead atoms. The molecule has 4 heteroatoms. The average Bonchev–Trinajstić information content (AvgIpc) is 2.85. The van der Waals surface area contributed by atoms with Crippen molar-refractivity contribution in [2.75, 3.05) is 26.9 Å². The van der Waals surface area contributed by atoms with Crippen molar-refractivity contribution in [2.24, 2.45) is 0 Å². The van der Waals surface area contributed by atoms with Gasteiger partial charge in [0.1, 0.15) is 0 Å². The minimum Gasteiger partial charge on any atom is -0.385 e. The molecule has 3 nitrogen and oxygen atoms in total. The third kappa shape index (κ3) is 4.78. The number of thiophene rings is 1. The molecule has 0 unspecified atom stereocenters. The van der Waals surface area contributed by atoms with Gasteiger partial charge in [-0.05, 0) is 30.8 Å². The summed E-state index contributed by atoms with van der Waals surface area (Å²) in [5.74, 6) is 0. The van der Waals surface area contributed by atoms with E-state index in [0.717, 1.165) is 39.1 Å². The van der Waals surface area contributed by atoms with Crippen LogP contribution >= 0.6 is 11.3 Å². The summed E-state index contributed by atoms with van der Waals surface area (Å²) in [5.41, 5.74) is 1.34. The predicted octanol–water partition coefficient (Wildman–Crippen LogP) is 3.95. The molecule has 1 aromatic heterocycles. The SMILES string of the molecule is CCCNCc1sc2ccccc2c1COCCCOC. The van der Waals surface area contributed by atoms with Crippen molar-refractivity contribution in [1.29, 1.82) is 0 Å². The Bertz CT molecular complexity index is 539. The van der Waals surface area contributed by atoms with Crippen molar-refractivity contribution in [3.8, 4) is 0 Å². The van der Waals surface area contributed by atoms with Crippen LogP contribution in [0.4, 0.5) is 0 Å². The largest absolute Gasteiger partial charge is 0.385 e. The number of nitrogens with one attached hydrogen (secondary N) is 1. The van der Waals surface area contributed by atoms with E-state index in [4.69, 9.17) is 9.47 Å². The van der Waals surface area contributed by atoms with Gasteiger partial charge in [-0.1, -0.05) is 25.1 Å². The molecule has 0 radical (unpaired) electrons. The standard InChI is InChI=1S/C17H25NO2S/c1-3-9-18-12-17-15(13-20-11-6-10-19-2)14-7-4-5-8-16(14)21-17/h4-5,7-8,18H,3,6,9-13H2,1-2H3. The van der Waals surface area contributed by atoms with Crippen LogP contribution in [0.2, 0.25) is 0 Å². The Labute approximate surface area is 131 Å². The molecule has 1 aromatic carbocycles. The van der Waals surface area contributed by atoms with E-state index in [1.54, 1.807) is 7.11 Å². The first-order valence-corrected chi connectivity index (χ1v) is 8.45. The summed E-state index contributed by atoms with van der Waals surface area (Å²) >= 11 is 1.88. The maximum Gasteiger partial charge on any atom is 0.0734 e. The predicted molar refractivity (Wildman–Crippen MR) is 90.0 cm³/mol. The number of fused-ring (bicyclic) bond motifs is 1. The Morgan fingerprint density at radius 3 is 2.86 bits per heavy atom. The highest BCUT2D eigenvalue weighted by Crippen LogP contribution is 2.31. The number of methoxy groups -OCH3 is 1. The zero-order chi connectivity index (χ0) is 14.9. The smallest absolute Gasteiger partial charge is 0.0734 e. The normalized spacial score (nSPS) is 11.3. The molecule has 21 heavy (non-hydrogen) atoms. The van der Waals surface area contributed by atoms with Crippen LogP contribution in [0.3, 0.4) is 0 Å². The van der Waals surface area contributed by atoms with E-state index >= 15 is 0 Å². The van der Waals surface area contributed by atoms with Crippen molar-refractivity contribution in [2.45, 2.75) is 32.9 Å². The second-order valence-corrected chi connectivity index (χ2v) is 6.21. The highest BCUT2D eigenvalue weighted by atomic mass is 32.1. The van der Waals surface area contributed by atoms with E-state index < -0.39 is 0 Å². The maximum atomic E-state index is 5.83. The molecule has 0 fully saturated rings. The first-order chi connectivity index (χ1) is 10.4. The Morgan fingerprint density at radius 2 is 2.05 bits per heavy atom. The van der Waals surface area contributed by atoms with Crippen LogP contribution in [0.1, 0.15) is 30.2 Å². The quantitative estimate of drug-likeness (QED) is 0.674. The summed E-state index contributed by atoms with van der Waals surface area (Å²) in [6.45, 7) is 6.39. The number of hydrogen-bond donors (Lipinski definition) is 1. The van der Waals surface area contributed by atoms with E-state index in [2.05, 4.69) is 36.5 Å². The molecule has 0 spiro atoms.